The van der Waals surface area contributed by atoms with Gasteiger partial charge < -0.3 is 0 Å². The summed E-state index contributed by atoms with van der Waals surface area (Å²) in [7, 11) is 0. The van der Waals surface area contributed by atoms with Gasteiger partial charge in [-0.3, -0.25) is 14.9 Å². The van der Waals surface area contributed by atoms with Gasteiger partial charge in [0.05, 0.1) is 5.69 Å². The van der Waals surface area contributed by atoms with Crippen LogP contribution in [0.25, 0.3) is 16.9 Å². The second-order valence-corrected chi connectivity index (χ2v) is 8.14. The number of aryl methyl sites for hydroxylation is 1. The van der Waals surface area contributed by atoms with Crippen molar-refractivity contribution in [2.45, 2.75) is 6.92 Å². The van der Waals surface area contributed by atoms with Crippen molar-refractivity contribution >= 4 is 38.3 Å². The van der Waals surface area contributed by atoms with E-state index >= 15 is 0 Å². The Balaban J connectivity index is 1.64. The molecule has 30 heavy (non-hydrogen) atoms. The summed E-state index contributed by atoms with van der Waals surface area (Å²) in [5, 5.41) is 8.83. The Bertz CT molecular complexity index is 1320. The average molecular weight is 485 g/mol. The standard InChI is InChI=1S/C21H14BrFN4O2S/c1-12-9-18(28)19(26-27(12)17-8-3-2-7-15(17)23)20(29)25-21-24-16(11-30-21)13-5-4-6-14(22)10-13/h2-11H,1H3,(H,24,25,29). The minimum absolute atomic E-state index is 0.148. The summed E-state index contributed by atoms with van der Waals surface area (Å²) in [4.78, 5) is 29.4. The third-order valence-corrected chi connectivity index (χ3v) is 5.50. The minimum atomic E-state index is -0.708. The first-order valence-electron chi connectivity index (χ1n) is 8.81. The number of carbonyl (C=O) groups is 1. The maximum absolute atomic E-state index is 14.2. The van der Waals surface area contributed by atoms with E-state index in [0.717, 1.165) is 10.0 Å². The highest BCUT2D eigenvalue weighted by Crippen LogP contribution is 2.27. The molecule has 0 bridgehead atoms. The van der Waals surface area contributed by atoms with Crippen molar-refractivity contribution in [3.05, 3.63) is 91.9 Å². The van der Waals surface area contributed by atoms with Gasteiger partial charge in [-0.15, -0.1) is 11.3 Å². The summed E-state index contributed by atoms with van der Waals surface area (Å²) in [6, 6.07) is 14.9. The van der Waals surface area contributed by atoms with E-state index in [0.29, 0.717) is 16.5 Å². The Labute approximate surface area is 183 Å². The number of anilines is 1. The molecule has 0 saturated carbocycles. The maximum Gasteiger partial charge on any atom is 0.281 e. The lowest BCUT2D eigenvalue weighted by atomic mass is 10.2. The largest absolute Gasteiger partial charge is 0.296 e. The fraction of sp³-hybridized carbons (Fsp3) is 0.0476. The van der Waals surface area contributed by atoms with Crippen LogP contribution < -0.4 is 10.7 Å². The topological polar surface area (TPSA) is 76.9 Å². The number of hydrogen-bond donors (Lipinski definition) is 1. The summed E-state index contributed by atoms with van der Waals surface area (Å²) in [5.41, 5.74) is 1.24. The molecule has 0 spiro atoms. The molecular weight excluding hydrogens is 471 g/mol. The van der Waals surface area contributed by atoms with Gasteiger partial charge in [-0.25, -0.2) is 14.1 Å². The van der Waals surface area contributed by atoms with Crippen molar-refractivity contribution in [3.63, 3.8) is 0 Å². The molecule has 0 unspecified atom stereocenters. The van der Waals surface area contributed by atoms with E-state index in [-0.39, 0.29) is 11.4 Å². The molecule has 150 valence electrons. The normalized spacial score (nSPS) is 10.8. The second-order valence-electron chi connectivity index (χ2n) is 6.36. The lowest BCUT2D eigenvalue weighted by molar-refractivity contribution is 0.101. The Morgan fingerprint density at radius 1 is 1.17 bits per heavy atom. The van der Waals surface area contributed by atoms with Crippen LogP contribution in [0.3, 0.4) is 0 Å². The highest BCUT2D eigenvalue weighted by molar-refractivity contribution is 9.10. The van der Waals surface area contributed by atoms with E-state index in [1.54, 1.807) is 24.4 Å². The van der Waals surface area contributed by atoms with Crippen LogP contribution in [-0.2, 0) is 0 Å². The van der Waals surface area contributed by atoms with Crippen molar-refractivity contribution in [2.24, 2.45) is 0 Å². The Hall–Kier alpha value is -3.17. The van der Waals surface area contributed by atoms with Crippen LogP contribution in [0.4, 0.5) is 9.52 Å². The SMILES string of the molecule is Cc1cc(=O)c(C(=O)Nc2nc(-c3cccc(Br)c3)cs2)nn1-c1ccccc1F. The van der Waals surface area contributed by atoms with Crippen LogP contribution >= 0.6 is 27.3 Å². The number of rotatable bonds is 4. The molecule has 0 aliphatic rings. The monoisotopic (exact) mass is 484 g/mol. The number of para-hydroxylation sites is 1. The van der Waals surface area contributed by atoms with Gasteiger partial charge in [0.2, 0.25) is 5.43 Å². The van der Waals surface area contributed by atoms with Crippen LogP contribution in [0, 0.1) is 12.7 Å². The molecule has 6 nitrogen and oxygen atoms in total. The van der Waals surface area contributed by atoms with Gasteiger partial charge in [0, 0.05) is 27.2 Å². The number of hydrogen-bond acceptors (Lipinski definition) is 5. The van der Waals surface area contributed by atoms with Crippen LogP contribution in [0.1, 0.15) is 16.2 Å². The third kappa shape index (κ3) is 4.07. The number of halogens is 2. The zero-order chi connectivity index (χ0) is 21.3. The fourth-order valence-electron chi connectivity index (χ4n) is 2.84. The van der Waals surface area contributed by atoms with E-state index in [4.69, 9.17) is 0 Å². The van der Waals surface area contributed by atoms with Gasteiger partial charge in [0.15, 0.2) is 10.8 Å². The lowest BCUT2D eigenvalue weighted by Gasteiger charge is -2.11. The van der Waals surface area contributed by atoms with Crippen molar-refractivity contribution in [1.29, 1.82) is 0 Å². The average Bonchev–Trinajstić information content (AvgIpc) is 3.17. The van der Waals surface area contributed by atoms with E-state index in [1.165, 1.54) is 34.2 Å². The first kappa shape index (κ1) is 20.1. The molecule has 4 rings (SSSR count). The van der Waals surface area contributed by atoms with Gasteiger partial charge in [-0.05, 0) is 31.2 Å². The maximum atomic E-state index is 14.2. The number of thiazole rings is 1. The highest BCUT2D eigenvalue weighted by atomic mass is 79.9. The molecule has 1 amide bonds. The zero-order valence-corrected chi connectivity index (χ0v) is 18.0. The molecule has 0 saturated heterocycles. The molecule has 9 heteroatoms. The number of nitrogens with one attached hydrogen (secondary N) is 1. The summed E-state index contributed by atoms with van der Waals surface area (Å²) in [6.45, 7) is 1.62. The molecule has 0 atom stereocenters. The predicted molar refractivity (Wildman–Crippen MR) is 118 cm³/mol. The van der Waals surface area contributed by atoms with Gasteiger partial charge in [-0.2, -0.15) is 5.10 Å². The van der Waals surface area contributed by atoms with Crippen molar-refractivity contribution < 1.29 is 9.18 Å². The summed E-state index contributed by atoms with van der Waals surface area (Å²) >= 11 is 4.65. The molecule has 0 fully saturated rings. The van der Waals surface area contributed by atoms with E-state index < -0.39 is 17.2 Å². The second kappa shape index (κ2) is 8.29. The van der Waals surface area contributed by atoms with E-state index in [9.17, 15) is 14.0 Å². The third-order valence-electron chi connectivity index (χ3n) is 4.25. The molecule has 0 aliphatic heterocycles. The Kier molecular flexibility index (Phi) is 5.56. The van der Waals surface area contributed by atoms with Gasteiger partial charge >= 0.3 is 0 Å². The summed E-state index contributed by atoms with van der Waals surface area (Å²) in [6.07, 6.45) is 0. The quantitative estimate of drug-likeness (QED) is 0.450. The predicted octanol–water partition coefficient (Wildman–Crippen LogP) is 4.82. The van der Waals surface area contributed by atoms with Crippen LogP contribution in [0.15, 0.2) is 69.2 Å². The van der Waals surface area contributed by atoms with Gasteiger partial charge in [-0.1, -0.05) is 40.2 Å². The van der Waals surface area contributed by atoms with Gasteiger partial charge in [0.25, 0.3) is 5.91 Å². The number of aromatic nitrogens is 3. The summed E-state index contributed by atoms with van der Waals surface area (Å²) in [5.74, 6) is -1.22. The first-order chi connectivity index (χ1) is 14.4. The molecule has 0 aliphatic carbocycles. The lowest BCUT2D eigenvalue weighted by Crippen LogP contribution is -2.27. The van der Waals surface area contributed by atoms with Gasteiger partial charge in [0.1, 0.15) is 11.5 Å². The summed E-state index contributed by atoms with van der Waals surface area (Å²) < 4.78 is 16.3. The molecule has 1 N–H and O–H groups in total. The smallest absolute Gasteiger partial charge is 0.281 e. The number of nitrogens with zero attached hydrogens (tertiary/aromatic N) is 3. The van der Waals surface area contributed by atoms with Crippen molar-refractivity contribution in [3.8, 4) is 16.9 Å². The Morgan fingerprint density at radius 2 is 1.97 bits per heavy atom. The van der Waals surface area contributed by atoms with Crippen molar-refractivity contribution in [2.75, 3.05) is 5.32 Å². The number of benzene rings is 2. The highest BCUT2D eigenvalue weighted by Gasteiger charge is 2.18. The zero-order valence-electron chi connectivity index (χ0n) is 15.6. The van der Waals surface area contributed by atoms with E-state index in [2.05, 4.69) is 31.3 Å². The van der Waals surface area contributed by atoms with Crippen LogP contribution in [0.2, 0.25) is 0 Å². The Morgan fingerprint density at radius 3 is 2.73 bits per heavy atom. The molecule has 0 radical (unpaired) electrons. The molecular formula is C21H14BrFN4O2S. The van der Waals surface area contributed by atoms with E-state index in [1.807, 2.05) is 24.3 Å². The minimum Gasteiger partial charge on any atom is -0.296 e. The first-order valence-corrected chi connectivity index (χ1v) is 10.5. The molecule has 4 aromatic rings. The molecule has 2 aromatic carbocycles. The molecule has 2 heterocycles. The number of carbonyl (C=O) groups excluding carboxylic acids is 1. The fourth-order valence-corrected chi connectivity index (χ4v) is 3.95. The number of amides is 1. The molecule has 2 aromatic heterocycles. The van der Waals surface area contributed by atoms with Crippen LogP contribution in [0.5, 0.6) is 0 Å². The van der Waals surface area contributed by atoms with Crippen LogP contribution in [-0.4, -0.2) is 20.7 Å². The van der Waals surface area contributed by atoms with Crippen molar-refractivity contribution in [1.82, 2.24) is 14.8 Å².